The van der Waals surface area contributed by atoms with Gasteiger partial charge in [0.2, 0.25) is 0 Å². The van der Waals surface area contributed by atoms with Crippen molar-refractivity contribution in [2.24, 2.45) is 0 Å². The number of hydrogen-bond acceptors (Lipinski definition) is 6. The predicted octanol–water partition coefficient (Wildman–Crippen LogP) is 6.88. The fourth-order valence-corrected chi connectivity index (χ4v) is 5.33. The molecule has 2 heterocycles. The molecule has 0 bridgehead atoms. The summed E-state index contributed by atoms with van der Waals surface area (Å²) in [5.41, 5.74) is 6.49. The van der Waals surface area contributed by atoms with Gasteiger partial charge in [-0.15, -0.1) is 0 Å². The molecule has 0 amide bonds. The zero-order chi connectivity index (χ0) is 27.4. The molecule has 6 aromatic rings. The van der Waals surface area contributed by atoms with Crippen LogP contribution in [0.3, 0.4) is 0 Å². The summed E-state index contributed by atoms with van der Waals surface area (Å²) in [6, 6.07) is 30.9. The van der Waals surface area contributed by atoms with Gasteiger partial charge in [-0.1, -0.05) is 54.6 Å². The number of pyridine rings is 1. The van der Waals surface area contributed by atoms with E-state index in [0.29, 0.717) is 50.4 Å². The maximum Gasteiger partial charge on any atom is 0.269 e. The summed E-state index contributed by atoms with van der Waals surface area (Å²) in [5.74, 6) is 0.577. The van der Waals surface area contributed by atoms with Gasteiger partial charge < -0.3 is 4.74 Å². The molecule has 0 radical (unpaired) electrons. The van der Waals surface area contributed by atoms with E-state index in [9.17, 15) is 14.9 Å². The molecule has 0 atom stereocenters. The first-order valence-electron chi connectivity index (χ1n) is 12.6. The minimum Gasteiger partial charge on any atom is -0.497 e. The van der Waals surface area contributed by atoms with Crippen LogP contribution in [-0.4, -0.2) is 32.6 Å². The van der Waals surface area contributed by atoms with Gasteiger partial charge >= 0.3 is 0 Å². The van der Waals surface area contributed by atoms with E-state index in [1.165, 1.54) is 12.1 Å². The van der Waals surface area contributed by atoms with Crippen LogP contribution >= 0.6 is 0 Å². The Bertz CT molecular complexity index is 1960. The molecule has 0 saturated heterocycles. The highest BCUT2D eigenvalue weighted by molar-refractivity contribution is 6.27. The second kappa shape index (κ2) is 8.99. The zero-order valence-corrected chi connectivity index (χ0v) is 21.2. The molecule has 4 aromatic carbocycles. The summed E-state index contributed by atoms with van der Waals surface area (Å²) in [7, 11) is 1.61. The fourth-order valence-electron chi connectivity index (χ4n) is 5.33. The molecule has 0 N–H and O–H groups in total. The van der Waals surface area contributed by atoms with E-state index in [1.54, 1.807) is 30.0 Å². The lowest BCUT2D eigenvalue weighted by Crippen LogP contribution is -2.02. The maximum atomic E-state index is 13.9. The van der Waals surface area contributed by atoms with Gasteiger partial charge in [0.05, 0.1) is 34.4 Å². The lowest BCUT2D eigenvalue weighted by molar-refractivity contribution is -0.384. The number of benzene rings is 4. The number of nitrogens with zero attached hydrogens (tertiary/aromatic N) is 4. The topological polar surface area (TPSA) is 100 Å². The van der Waals surface area contributed by atoms with Gasteiger partial charge in [0.25, 0.3) is 5.69 Å². The number of nitro groups is 1. The highest BCUT2D eigenvalue weighted by Crippen LogP contribution is 2.46. The first kappa shape index (κ1) is 23.5. The Morgan fingerprint density at radius 1 is 0.750 bits per heavy atom. The Morgan fingerprint density at radius 2 is 1.43 bits per heavy atom. The van der Waals surface area contributed by atoms with Crippen LogP contribution in [-0.2, 0) is 0 Å². The fraction of sp³-hybridized carbons (Fsp3) is 0.0312. The summed E-state index contributed by atoms with van der Waals surface area (Å²) in [6.07, 6.45) is 0. The first-order valence-corrected chi connectivity index (χ1v) is 12.6. The number of methoxy groups -OCH3 is 1. The summed E-state index contributed by atoms with van der Waals surface area (Å²) in [5, 5.41) is 17.1. The summed E-state index contributed by atoms with van der Waals surface area (Å²) in [6.45, 7) is 0. The molecule has 0 saturated carbocycles. The summed E-state index contributed by atoms with van der Waals surface area (Å²) >= 11 is 0. The van der Waals surface area contributed by atoms with Crippen LogP contribution in [0, 0.1) is 10.1 Å². The lowest BCUT2D eigenvalue weighted by Gasteiger charge is -2.12. The Morgan fingerprint density at radius 3 is 2.10 bits per heavy atom. The molecule has 1 aliphatic carbocycles. The molecule has 0 fully saturated rings. The van der Waals surface area contributed by atoms with Crippen LogP contribution in [0.4, 0.5) is 5.69 Å². The van der Waals surface area contributed by atoms with Crippen LogP contribution < -0.4 is 4.74 Å². The normalized spacial score (nSPS) is 11.9. The molecule has 192 valence electrons. The average molecular weight is 525 g/mol. The van der Waals surface area contributed by atoms with E-state index in [4.69, 9.17) is 14.8 Å². The molecule has 7 rings (SSSR count). The largest absolute Gasteiger partial charge is 0.497 e. The number of non-ortho nitro benzene ring substituents is 1. The van der Waals surface area contributed by atoms with Crippen molar-refractivity contribution in [1.29, 1.82) is 0 Å². The Labute approximate surface area is 228 Å². The van der Waals surface area contributed by atoms with Gasteiger partial charge in [0.15, 0.2) is 11.4 Å². The highest BCUT2D eigenvalue weighted by Gasteiger charge is 2.35. The van der Waals surface area contributed by atoms with Gasteiger partial charge in [0, 0.05) is 34.4 Å². The number of nitro benzene ring substituents is 1. The van der Waals surface area contributed by atoms with Crippen molar-refractivity contribution in [2.75, 3.05) is 7.11 Å². The monoisotopic (exact) mass is 524 g/mol. The minimum atomic E-state index is -0.436. The van der Waals surface area contributed by atoms with Gasteiger partial charge in [-0.2, -0.15) is 5.10 Å². The van der Waals surface area contributed by atoms with Crippen LogP contribution in [0.25, 0.3) is 50.4 Å². The number of ether oxygens (including phenoxy) is 1. The van der Waals surface area contributed by atoms with E-state index < -0.39 is 4.92 Å². The number of hydrogen-bond donors (Lipinski definition) is 0. The molecule has 0 unspecified atom stereocenters. The number of carbonyl (C=O) groups excluding carboxylic acids is 1. The Kier molecular flexibility index (Phi) is 5.28. The van der Waals surface area contributed by atoms with E-state index in [0.717, 1.165) is 16.8 Å². The van der Waals surface area contributed by atoms with Gasteiger partial charge in [-0.25, -0.2) is 9.67 Å². The molecule has 0 aliphatic heterocycles. The van der Waals surface area contributed by atoms with Crippen molar-refractivity contribution in [3.05, 3.63) is 124 Å². The molecule has 0 spiro atoms. The standard InChI is InChI=1S/C32H20N4O4/c1-40-23-17-15-21(16-18-23)35-32-28(29(34-35)20-7-3-2-4-8-20)26(19-11-13-22(14-12-19)36(38)39)27-30(33-32)24-9-5-6-10-25(24)31(27)37/h2-18H,1H3. The van der Waals surface area contributed by atoms with E-state index in [2.05, 4.69) is 0 Å². The third kappa shape index (κ3) is 3.50. The van der Waals surface area contributed by atoms with Crippen molar-refractivity contribution in [2.45, 2.75) is 0 Å². The van der Waals surface area contributed by atoms with Crippen LogP contribution in [0.15, 0.2) is 103 Å². The van der Waals surface area contributed by atoms with E-state index >= 15 is 0 Å². The van der Waals surface area contributed by atoms with Crippen molar-refractivity contribution in [1.82, 2.24) is 14.8 Å². The molecular weight excluding hydrogens is 504 g/mol. The van der Waals surface area contributed by atoms with Gasteiger partial charge in [-0.3, -0.25) is 14.9 Å². The maximum absolute atomic E-state index is 13.9. The molecular formula is C32H20N4O4. The van der Waals surface area contributed by atoms with Crippen molar-refractivity contribution in [3.63, 3.8) is 0 Å². The Balaban J connectivity index is 1.63. The lowest BCUT2D eigenvalue weighted by atomic mass is 9.93. The smallest absolute Gasteiger partial charge is 0.269 e. The number of fused-ring (bicyclic) bond motifs is 4. The number of ketones is 1. The average Bonchev–Trinajstić information content (AvgIpc) is 3.52. The van der Waals surface area contributed by atoms with E-state index in [1.807, 2.05) is 72.8 Å². The van der Waals surface area contributed by atoms with E-state index in [-0.39, 0.29) is 11.5 Å². The van der Waals surface area contributed by atoms with Crippen LogP contribution in [0.1, 0.15) is 15.9 Å². The highest BCUT2D eigenvalue weighted by atomic mass is 16.6. The first-order chi connectivity index (χ1) is 19.5. The molecule has 1 aliphatic rings. The zero-order valence-electron chi connectivity index (χ0n) is 21.2. The quantitative estimate of drug-likeness (QED) is 0.180. The van der Waals surface area contributed by atoms with Crippen molar-refractivity contribution in [3.8, 4) is 45.1 Å². The third-order valence-corrected chi connectivity index (χ3v) is 7.20. The third-order valence-electron chi connectivity index (χ3n) is 7.20. The van der Waals surface area contributed by atoms with Crippen molar-refractivity contribution < 1.29 is 14.5 Å². The van der Waals surface area contributed by atoms with Gasteiger partial charge in [-0.05, 0) is 42.0 Å². The second-order valence-electron chi connectivity index (χ2n) is 9.41. The SMILES string of the molecule is COc1ccc(-n2nc(-c3ccccc3)c3c(-c4ccc([N+](=O)[O-])cc4)c4c(nc32)-c2ccccc2C4=O)cc1. The Hall–Kier alpha value is -5.63. The molecule has 40 heavy (non-hydrogen) atoms. The number of carbonyl (C=O) groups is 1. The summed E-state index contributed by atoms with van der Waals surface area (Å²) < 4.78 is 7.13. The van der Waals surface area contributed by atoms with Crippen molar-refractivity contribution >= 4 is 22.5 Å². The molecule has 2 aromatic heterocycles. The molecule has 8 nitrogen and oxygen atoms in total. The van der Waals surface area contributed by atoms with Crippen LogP contribution in [0.5, 0.6) is 5.75 Å². The summed E-state index contributed by atoms with van der Waals surface area (Å²) in [4.78, 5) is 30.0. The predicted molar refractivity (Wildman–Crippen MR) is 152 cm³/mol. The number of aromatic nitrogens is 3. The van der Waals surface area contributed by atoms with Gasteiger partial charge in [0.1, 0.15) is 11.4 Å². The second-order valence-corrected chi connectivity index (χ2v) is 9.41. The number of rotatable bonds is 5. The molecule has 8 heteroatoms. The minimum absolute atomic E-state index is 0.0301. The van der Waals surface area contributed by atoms with Crippen LogP contribution in [0.2, 0.25) is 0 Å².